The zero-order chi connectivity index (χ0) is 15.8. The zero-order valence-corrected chi connectivity index (χ0v) is 13.5. The van der Waals surface area contributed by atoms with Gasteiger partial charge in [0.2, 0.25) is 5.91 Å². The lowest BCUT2D eigenvalue weighted by Gasteiger charge is -2.44. The molecule has 1 aromatic heterocycles. The Balaban J connectivity index is 1.67. The SMILES string of the molecule is CCc1cnn(C2(C)CCN(C(=O)C3(C#N)CCC3)CC2)c1. The molecule has 1 aliphatic heterocycles. The van der Waals surface area contributed by atoms with E-state index in [1.165, 1.54) is 5.56 Å². The molecule has 0 spiro atoms. The first-order valence-electron chi connectivity index (χ1n) is 8.28. The van der Waals surface area contributed by atoms with E-state index >= 15 is 0 Å². The summed E-state index contributed by atoms with van der Waals surface area (Å²) in [4.78, 5) is 14.5. The van der Waals surface area contributed by atoms with Gasteiger partial charge in [-0.25, -0.2) is 0 Å². The van der Waals surface area contributed by atoms with Crippen LogP contribution in [0.15, 0.2) is 12.4 Å². The molecule has 3 rings (SSSR count). The predicted octanol–water partition coefficient (Wildman–Crippen LogP) is 2.48. The number of hydrogen-bond acceptors (Lipinski definition) is 3. The number of hydrogen-bond donors (Lipinski definition) is 0. The van der Waals surface area contributed by atoms with Gasteiger partial charge in [-0.2, -0.15) is 10.4 Å². The average Bonchev–Trinajstić information content (AvgIpc) is 2.97. The van der Waals surface area contributed by atoms with Crippen molar-refractivity contribution in [3.05, 3.63) is 18.0 Å². The number of rotatable bonds is 3. The monoisotopic (exact) mass is 300 g/mol. The van der Waals surface area contributed by atoms with Crippen LogP contribution in [-0.4, -0.2) is 33.7 Å². The van der Waals surface area contributed by atoms with Gasteiger partial charge in [0.25, 0.3) is 0 Å². The minimum absolute atomic E-state index is 0.0242. The molecule has 2 fully saturated rings. The number of aromatic nitrogens is 2. The lowest BCUT2D eigenvalue weighted by atomic mass is 9.68. The molecule has 2 aliphatic rings. The summed E-state index contributed by atoms with van der Waals surface area (Å²) >= 11 is 0. The highest BCUT2D eigenvalue weighted by Crippen LogP contribution is 2.43. The Labute approximate surface area is 131 Å². The van der Waals surface area contributed by atoms with Gasteiger partial charge in [0.1, 0.15) is 5.41 Å². The van der Waals surface area contributed by atoms with E-state index in [-0.39, 0.29) is 11.4 Å². The van der Waals surface area contributed by atoms with E-state index in [1.54, 1.807) is 0 Å². The van der Waals surface area contributed by atoms with Crippen LogP contribution in [-0.2, 0) is 16.8 Å². The number of likely N-dealkylation sites (tertiary alicyclic amines) is 1. The Morgan fingerprint density at radius 3 is 2.50 bits per heavy atom. The maximum atomic E-state index is 12.6. The van der Waals surface area contributed by atoms with Gasteiger partial charge in [0, 0.05) is 19.3 Å². The third-order valence-corrected chi connectivity index (χ3v) is 5.56. The molecule has 1 saturated carbocycles. The molecule has 118 valence electrons. The second-order valence-corrected chi connectivity index (χ2v) is 6.98. The Morgan fingerprint density at radius 1 is 1.36 bits per heavy atom. The lowest BCUT2D eigenvalue weighted by Crippen LogP contribution is -2.53. The van der Waals surface area contributed by atoms with Crippen molar-refractivity contribution in [2.24, 2.45) is 5.41 Å². The van der Waals surface area contributed by atoms with Gasteiger partial charge in [-0.3, -0.25) is 9.48 Å². The molecule has 1 aliphatic carbocycles. The maximum absolute atomic E-state index is 12.6. The first kappa shape index (κ1) is 15.1. The van der Waals surface area contributed by atoms with Crippen molar-refractivity contribution in [2.45, 2.75) is 57.9 Å². The van der Waals surface area contributed by atoms with Crippen molar-refractivity contribution < 1.29 is 4.79 Å². The highest BCUT2D eigenvalue weighted by Gasteiger charge is 2.48. The molecule has 1 saturated heterocycles. The fraction of sp³-hybridized carbons (Fsp3) is 0.706. The molecule has 0 bridgehead atoms. The summed E-state index contributed by atoms with van der Waals surface area (Å²) in [7, 11) is 0. The first-order valence-corrected chi connectivity index (χ1v) is 8.28. The second-order valence-electron chi connectivity index (χ2n) is 6.98. The van der Waals surface area contributed by atoms with E-state index < -0.39 is 5.41 Å². The number of aryl methyl sites for hydroxylation is 1. The van der Waals surface area contributed by atoms with E-state index in [1.807, 2.05) is 11.1 Å². The van der Waals surface area contributed by atoms with Crippen LogP contribution in [0.25, 0.3) is 0 Å². The number of nitriles is 1. The summed E-state index contributed by atoms with van der Waals surface area (Å²) in [6, 6.07) is 2.27. The zero-order valence-electron chi connectivity index (χ0n) is 13.5. The third kappa shape index (κ3) is 2.31. The molecule has 22 heavy (non-hydrogen) atoms. The van der Waals surface area contributed by atoms with Crippen LogP contribution in [0.4, 0.5) is 0 Å². The molecule has 0 atom stereocenters. The molecular weight excluding hydrogens is 276 g/mol. The summed E-state index contributed by atoms with van der Waals surface area (Å²) in [5.74, 6) is 0.0537. The van der Waals surface area contributed by atoms with Crippen LogP contribution < -0.4 is 0 Å². The van der Waals surface area contributed by atoms with E-state index in [0.29, 0.717) is 0 Å². The maximum Gasteiger partial charge on any atom is 0.243 e. The van der Waals surface area contributed by atoms with Gasteiger partial charge >= 0.3 is 0 Å². The van der Waals surface area contributed by atoms with Gasteiger partial charge in [0.15, 0.2) is 0 Å². The van der Waals surface area contributed by atoms with Gasteiger partial charge in [-0.1, -0.05) is 6.92 Å². The molecule has 0 radical (unpaired) electrons. The standard InChI is InChI=1S/C17H24N4O/c1-3-14-11-19-21(12-14)16(2)7-9-20(10-8-16)15(22)17(13-18)5-4-6-17/h11-12H,3-10H2,1-2H3. The van der Waals surface area contributed by atoms with Crippen molar-refractivity contribution in [3.63, 3.8) is 0 Å². The first-order chi connectivity index (χ1) is 10.5. The highest BCUT2D eigenvalue weighted by molar-refractivity contribution is 5.86. The molecule has 5 nitrogen and oxygen atoms in total. The molecule has 1 aromatic rings. The Hall–Kier alpha value is -1.83. The highest BCUT2D eigenvalue weighted by atomic mass is 16.2. The average molecular weight is 300 g/mol. The largest absolute Gasteiger partial charge is 0.341 e. The Morgan fingerprint density at radius 2 is 2.05 bits per heavy atom. The van der Waals surface area contributed by atoms with E-state index in [9.17, 15) is 10.1 Å². The number of piperidine rings is 1. The van der Waals surface area contributed by atoms with Gasteiger partial charge in [-0.15, -0.1) is 0 Å². The second kappa shape index (κ2) is 5.42. The van der Waals surface area contributed by atoms with E-state index in [4.69, 9.17) is 0 Å². The minimum Gasteiger partial charge on any atom is -0.341 e. The fourth-order valence-electron chi connectivity index (χ4n) is 3.47. The van der Waals surface area contributed by atoms with E-state index in [2.05, 4.69) is 35.9 Å². The van der Waals surface area contributed by atoms with Crippen molar-refractivity contribution in [3.8, 4) is 6.07 Å². The summed E-state index contributed by atoms with van der Waals surface area (Å²) < 4.78 is 2.07. The topological polar surface area (TPSA) is 61.9 Å². The Bertz CT molecular complexity index is 600. The smallest absolute Gasteiger partial charge is 0.243 e. The quantitative estimate of drug-likeness (QED) is 0.861. The predicted molar refractivity (Wildman–Crippen MR) is 83.0 cm³/mol. The number of carbonyl (C=O) groups excluding carboxylic acids is 1. The number of carbonyl (C=O) groups is 1. The van der Waals surface area contributed by atoms with Gasteiger partial charge < -0.3 is 4.90 Å². The fourth-order valence-corrected chi connectivity index (χ4v) is 3.47. The molecular formula is C17H24N4O. The molecule has 1 amide bonds. The summed E-state index contributed by atoms with van der Waals surface area (Å²) in [5.41, 5.74) is 0.510. The van der Waals surface area contributed by atoms with Crippen LogP contribution in [0.1, 0.15) is 51.5 Å². The number of amides is 1. The summed E-state index contributed by atoms with van der Waals surface area (Å²) in [5, 5.41) is 13.8. The van der Waals surface area contributed by atoms with E-state index in [0.717, 1.165) is 51.6 Å². The Kier molecular flexibility index (Phi) is 3.72. The molecule has 0 aromatic carbocycles. The molecule has 0 unspecified atom stereocenters. The van der Waals surface area contributed by atoms with Crippen molar-refractivity contribution in [1.82, 2.24) is 14.7 Å². The third-order valence-electron chi connectivity index (χ3n) is 5.56. The van der Waals surface area contributed by atoms with Crippen LogP contribution in [0.2, 0.25) is 0 Å². The lowest BCUT2D eigenvalue weighted by molar-refractivity contribution is -0.145. The van der Waals surface area contributed by atoms with Crippen LogP contribution >= 0.6 is 0 Å². The molecule has 5 heteroatoms. The minimum atomic E-state index is -0.713. The van der Waals surface area contributed by atoms with Crippen molar-refractivity contribution in [2.75, 3.05) is 13.1 Å². The van der Waals surface area contributed by atoms with Gasteiger partial charge in [-0.05, 0) is 51.0 Å². The molecule has 2 heterocycles. The van der Waals surface area contributed by atoms with Crippen LogP contribution in [0.5, 0.6) is 0 Å². The summed E-state index contributed by atoms with van der Waals surface area (Å²) in [6.07, 6.45) is 9.30. The van der Waals surface area contributed by atoms with Gasteiger partial charge in [0.05, 0.1) is 17.8 Å². The summed E-state index contributed by atoms with van der Waals surface area (Å²) in [6.45, 7) is 5.79. The van der Waals surface area contributed by atoms with Crippen LogP contribution in [0, 0.1) is 16.7 Å². The van der Waals surface area contributed by atoms with Crippen molar-refractivity contribution >= 4 is 5.91 Å². The van der Waals surface area contributed by atoms with Crippen molar-refractivity contribution in [1.29, 1.82) is 5.26 Å². The van der Waals surface area contributed by atoms with Crippen LogP contribution in [0.3, 0.4) is 0 Å². The normalized spacial score (nSPS) is 22.7. The molecule has 0 N–H and O–H groups in total. The number of nitrogens with zero attached hydrogens (tertiary/aromatic N) is 4.